The lowest BCUT2D eigenvalue weighted by atomic mass is 10.2. The van der Waals surface area contributed by atoms with Crippen molar-refractivity contribution in [1.29, 1.82) is 0 Å². The van der Waals surface area contributed by atoms with Gasteiger partial charge in [-0.2, -0.15) is 0 Å². The maximum Gasteiger partial charge on any atom is 0.278 e. The number of nitrogens with zero attached hydrogens (tertiary/aromatic N) is 2. The molecule has 0 aliphatic heterocycles. The van der Waals surface area contributed by atoms with Gasteiger partial charge in [0.15, 0.2) is 0 Å². The van der Waals surface area contributed by atoms with Crippen LogP contribution in [-0.2, 0) is 4.12 Å². The summed E-state index contributed by atoms with van der Waals surface area (Å²) in [6, 6.07) is 97.9. The highest BCUT2D eigenvalue weighted by molar-refractivity contribution is 7.18. The largest absolute Gasteiger partial charge is 0.435 e. The van der Waals surface area contributed by atoms with Gasteiger partial charge in [-0.1, -0.05) is 218 Å². The Hall–Kier alpha value is -7.81. The van der Waals surface area contributed by atoms with Gasteiger partial charge in [0.25, 0.3) is 16.6 Å². The third kappa shape index (κ3) is 6.27. The number of hydrogen-bond acceptors (Lipinski definition) is 1. The Balaban J connectivity index is 1.18. The average Bonchev–Trinajstić information content (AvgIpc) is 3.91. The highest BCUT2D eigenvalue weighted by Crippen LogP contribution is 2.34. The van der Waals surface area contributed by atoms with Crippen LogP contribution in [0.3, 0.4) is 0 Å². The fourth-order valence-electron chi connectivity index (χ4n) is 10.4. The zero-order valence-corrected chi connectivity index (χ0v) is 37.7. The number of aromatic nitrogens is 2. The van der Waals surface area contributed by atoms with E-state index >= 15 is 0 Å². The molecule has 5 heteroatoms. The van der Waals surface area contributed by atoms with Crippen LogP contribution in [-0.4, -0.2) is 25.8 Å². The lowest BCUT2D eigenvalue weighted by Gasteiger charge is -2.44. The van der Waals surface area contributed by atoms with Crippen LogP contribution < -0.4 is 31.1 Å². The molecule has 0 amide bonds. The van der Waals surface area contributed by atoms with Gasteiger partial charge < -0.3 is 13.2 Å². The summed E-state index contributed by atoms with van der Waals surface area (Å²) in [4.78, 5) is 0. The van der Waals surface area contributed by atoms with Gasteiger partial charge >= 0.3 is 0 Å². The Morgan fingerprint density at radius 3 is 0.769 bits per heavy atom. The predicted octanol–water partition coefficient (Wildman–Crippen LogP) is 10.5. The zero-order chi connectivity index (χ0) is 43.2. The van der Waals surface area contributed by atoms with E-state index in [9.17, 15) is 0 Å². The standard InChI is InChI=1S/C60H44N2OSi2/c1-5-25-47(26-6-1)64(48-27-7-2-8-28-48,51-33-21-23-45(43-51)61-57-39-17-13-35-53(57)54-36-14-18-40-58(54)61)63-65(49-29-9-3-10-30-49,50-31-11-4-12-32-50)52-34-22-24-46(44-52)62-59-41-19-15-37-55(59)56-38-16-20-42-60(56)62/h1-44H. The topological polar surface area (TPSA) is 19.1 Å². The van der Waals surface area contributed by atoms with Gasteiger partial charge in [-0.3, -0.25) is 0 Å². The highest BCUT2D eigenvalue weighted by Gasteiger charge is 2.53. The second-order valence-electron chi connectivity index (χ2n) is 16.8. The van der Waals surface area contributed by atoms with Crippen molar-refractivity contribution >= 4 is 91.4 Å². The molecule has 12 aromatic rings. The molecule has 0 atom stereocenters. The Morgan fingerprint density at radius 2 is 0.477 bits per heavy atom. The zero-order valence-electron chi connectivity index (χ0n) is 35.7. The minimum atomic E-state index is -3.52. The summed E-state index contributed by atoms with van der Waals surface area (Å²) < 4.78 is 13.8. The Labute approximate surface area is 381 Å². The molecule has 2 heterocycles. The van der Waals surface area contributed by atoms with Crippen molar-refractivity contribution in [3.63, 3.8) is 0 Å². The second kappa shape index (κ2) is 16.1. The summed E-state index contributed by atoms with van der Waals surface area (Å²) in [5.41, 5.74) is 6.92. The molecule has 0 radical (unpaired) electrons. The van der Waals surface area contributed by atoms with Gasteiger partial charge in [0.05, 0.1) is 22.1 Å². The molecular weight excluding hydrogens is 821 g/mol. The van der Waals surface area contributed by atoms with E-state index in [2.05, 4.69) is 276 Å². The Bertz CT molecular complexity index is 3210. The van der Waals surface area contributed by atoms with E-state index in [4.69, 9.17) is 4.12 Å². The van der Waals surface area contributed by atoms with Crippen LogP contribution in [0.15, 0.2) is 267 Å². The lowest BCUT2D eigenvalue weighted by molar-refractivity contribution is 0.600. The van der Waals surface area contributed by atoms with Crippen molar-refractivity contribution in [2.75, 3.05) is 0 Å². The van der Waals surface area contributed by atoms with Gasteiger partial charge in [-0.25, -0.2) is 0 Å². The molecule has 0 unspecified atom stereocenters. The molecule has 0 aliphatic carbocycles. The predicted molar refractivity (Wildman–Crippen MR) is 278 cm³/mol. The molecule has 65 heavy (non-hydrogen) atoms. The molecule has 308 valence electrons. The Kier molecular flexibility index (Phi) is 9.60. The van der Waals surface area contributed by atoms with Crippen LogP contribution in [0.1, 0.15) is 0 Å². The van der Waals surface area contributed by atoms with Crippen molar-refractivity contribution in [1.82, 2.24) is 9.13 Å². The van der Waals surface area contributed by atoms with E-state index in [1.54, 1.807) is 0 Å². The smallest absolute Gasteiger partial charge is 0.278 e. The summed E-state index contributed by atoms with van der Waals surface area (Å²) in [6.45, 7) is 0. The van der Waals surface area contributed by atoms with Gasteiger partial charge in [0, 0.05) is 32.9 Å². The molecule has 10 aromatic carbocycles. The molecule has 0 saturated heterocycles. The van der Waals surface area contributed by atoms with Crippen LogP contribution in [0, 0.1) is 0 Å². The van der Waals surface area contributed by atoms with Gasteiger partial charge in [-0.05, 0) is 79.7 Å². The van der Waals surface area contributed by atoms with Crippen LogP contribution in [0.4, 0.5) is 0 Å². The van der Waals surface area contributed by atoms with Crippen molar-refractivity contribution in [2.45, 2.75) is 0 Å². The molecule has 0 saturated carbocycles. The summed E-state index contributed by atoms with van der Waals surface area (Å²) in [6.07, 6.45) is 0. The molecule has 0 bridgehead atoms. The summed E-state index contributed by atoms with van der Waals surface area (Å²) >= 11 is 0. The fourth-order valence-corrected chi connectivity index (χ4v) is 21.1. The SMILES string of the molecule is c1ccc([Si](O[Si](c2ccccc2)(c2ccccc2)c2cccc(-n3c4ccccc4c4ccccc43)c2)(c2ccccc2)c2cccc(-n3c4ccccc4c4ccccc43)c2)cc1. The van der Waals surface area contributed by atoms with E-state index in [0.717, 1.165) is 11.4 Å². The molecule has 3 nitrogen and oxygen atoms in total. The first-order chi connectivity index (χ1) is 32.2. The number of fused-ring (bicyclic) bond motifs is 6. The minimum Gasteiger partial charge on any atom is -0.435 e. The van der Waals surface area contributed by atoms with Crippen molar-refractivity contribution in [3.05, 3.63) is 267 Å². The third-order valence-corrected chi connectivity index (χ3v) is 22.5. The molecule has 2 aromatic heterocycles. The first-order valence-electron chi connectivity index (χ1n) is 22.3. The van der Waals surface area contributed by atoms with E-state index < -0.39 is 16.6 Å². The van der Waals surface area contributed by atoms with Crippen molar-refractivity contribution < 1.29 is 4.12 Å². The Morgan fingerprint density at radius 1 is 0.231 bits per heavy atom. The maximum absolute atomic E-state index is 8.90. The van der Waals surface area contributed by atoms with Gasteiger partial charge in [0.1, 0.15) is 0 Å². The quantitative estimate of drug-likeness (QED) is 0.0990. The van der Waals surface area contributed by atoms with Crippen LogP contribution >= 0.6 is 0 Å². The molecule has 0 fully saturated rings. The summed E-state index contributed by atoms with van der Waals surface area (Å²) in [5.74, 6) is 0. The first-order valence-corrected chi connectivity index (χ1v) is 26.2. The van der Waals surface area contributed by atoms with Crippen LogP contribution in [0.5, 0.6) is 0 Å². The second-order valence-corrected chi connectivity index (χ2v) is 23.8. The molecule has 0 N–H and O–H groups in total. The molecule has 0 spiro atoms. The van der Waals surface area contributed by atoms with E-state index in [0.29, 0.717) is 0 Å². The lowest BCUT2D eigenvalue weighted by Crippen LogP contribution is -2.81. The number of hydrogen-bond donors (Lipinski definition) is 0. The third-order valence-electron chi connectivity index (χ3n) is 13.2. The van der Waals surface area contributed by atoms with Crippen LogP contribution in [0.2, 0.25) is 0 Å². The molecule has 12 rings (SSSR count). The van der Waals surface area contributed by atoms with Crippen LogP contribution in [0.25, 0.3) is 55.0 Å². The minimum absolute atomic E-state index is 1.10. The van der Waals surface area contributed by atoms with Crippen molar-refractivity contribution in [2.24, 2.45) is 0 Å². The van der Waals surface area contributed by atoms with Crippen molar-refractivity contribution in [3.8, 4) is 11.4 Å². The average molecular weight is 865 g/mol. The summed E-state index contributed by atoms with van der Waals surface area (Å²) in [7, 11) is -7.03. The molecular formula is C60H44N2OSi2. The van der Waals surface area contributed by atoms with Gasteiger partial charge in [-0.15, -0.1) is 0 Å². The van der Waals surface area contributed by atoms with Gasteiger partial charge in [0.2, 0.25) is 0 Å². The number of rotatable bonds is 10. The highest BCUT2D eigenvalue weighted by atomic mass is 28.4. The van der Waals surface area contributed by atoms with E-state index in [1.165, 1.54) is 74.7 Å². The molecule has 0 aliphatic rings. The normalized spacial score (nSPS) is 12.1. The van der Waals surface area contributed by atoms with E-state index in [-0.39, 0.29) is 0 Å². The van der Waals surface area contributed by atoms with E-state index in [1.807, 2.05) is 0 Å². The maximum atomic E-state index is 8.90. The number of benzene rings is 10. The fraction of sp³-hybridized carbons (Fsp3) is 0. The monoisotopic (exact) mass is 864 g/mol. The first kappa shape index (κ1) is 38.8. The summed E-state index contributed by atoms with van der Waals surface area (Å²) in [5, 5.41) is 12.1. The number of para-hydroxylation sites is 4.